The van der Waals surface area contributed by atoms with Gasteiger partial charge in [0.2, 0.25) is 0 Å². The van der Waals surface area contributed by atoms with E-state index < -0.39 is 0 Å². The Balaban J connectivity index is 1.05. The number of hydrogen-bond acceptors (Lipinski definition) is 2. The highest BCUT2D eigenvalue weighted by molar-refractivity contribution is 7.25. The molecule has 2 aromatic heterocycles. The van der Waals surface area contributed by atoms with Crippen LogP contribution in [0.1, 0.15) is 17.9 Å². The minimum atomic E-state index is 0.228. The van der Waals surface area contributed by atoms with Gasteiger partial charge in [-0.25, -0.2) is 0 Å². The Kier molecular flexibility index (Phi) is 6.40. The Hall–Kier alpha value is -6.48. The highest BCUT2D eigenvalue weighted by atomic mass is 32.1. The van der Waals surface area contributed by atoms with Crippen LogP contribution in [0.4, 0.5) is 0 Å². The average molecular weight is 705 g/mol. The normalized spacial score (nSPS) is 14.3. The summed E-state index contributed by atoms with van der Waals surface area (Å²) in [7, 11) is 0. The molecule has 1 atom stereocenters. The Morgan fingerprint density at radius 3 is 1.98 bits per heavy atom. The molecule has 0 saturated carbocycles. The summed E-state index contributed by atoms with van der Waals surface area (Å²) in [5.41, 5.74) is 8.38. The van der Waals surface area contributed by atoms with Crippen molar-refractivity contribution in [1.29, 1.82) is 0 Å². The van der Waals surface area contributed by atoms with Crippen LogP contribution in [0.25, 0.3) is 109 Å². The van der Waals surface area contributed by atoms with Crippen LogP contribution >= 0.6 is 11.3 Å². The van der Waals surface area contributed by atoms with Gasteiger partial charge in [-0.15, -0.1) is 11.3 Å². The number of hydrogen-bond donors (Lipinski definition) is 0. The van der Waals surface area contributed by atoms with E-state index in [1.807, 2.05) is 11.3 Å². The van der Waals surface area contributed by atoms with Crippen molar-refractivity contribution in [1.82, 2.24) is 0 Å². The molecule has 0 radical (unpaired) electrons. The summed E-state index contributed by atoms with van der Waals surface area (Å²) in [5, 5.41) is 15.2. The average Bonchev–Trinajstić information content (AvgIpc) is 3.79. The molecule has 0 aliphatic heterocycles. The zero-order valence-corrected chi connectivity index (χ0v) is 30.2. The van der Waals surface area contributed by atoms with Crippen LogP contribution in [-0.4, -0.2) is 0 Å². The van der Waals surface area contributed by atoms with Crippen molar-refractivity contribution in [3.05, 3.63) is 180 Å². The highest BCUT2D eigenvalue weighted by Crippen LogP contribution is 2.46. The van der Waals surface area contributed by atoms with E-state index in [4.69, 9.17) is 4.42 Å². The standard InChI is InChI=1S/C52H32OS/c1-2-15-36-31(11-1)12-10-21-38(36)51-41-19-5-3-17-39(41)50(40-18-4-6-20-42(40)51)35-14-9-13-32(27-35)33-23-25-46-45(28-33)52-43-30-44-37-16-7-8-22-48(37)54-49(44)29-34(43)24-26-47(52)53-46/h1-22,24-30,33H,23H2. The second kappa shape index (κ2) is 11.5. The van der Waals surface area contributed by atoms with Gasteiger partial charge >= 0.3 is 0 Å². The maximum atomic E-state index is 6.54. The van der Waals surface area contributed by atoms with Crippen molar-refractivity contribution in [2.75, 3.05) is 0 Å². The SMILES string of the molecule is C1=c2oc3ccc4cc5sc6ccccc6c5cc4c3c2=CC(c2cccc(-c3c4ccccc4c(-c4cccc5ccccc45)c4ccccc34)c2)C1. The molecule has 2 heterocycles. The van der Waals surface area contributed by atoms with E-state index >= 15 is 0 Å². The third kappa shape index (κ3) is 4.38. The minimum Gasteiger partial charge on any atom is -0.456 e. The molecule has 9 aromatic carbocycles. The summed E-state index contributed by atoms with van der Waals surface area (Å²) in [6.07, 6.45) is 5.67. The number of thiophene rings is 1. The first-order valence-electron chi connectivity index (χ1n) is 18.8. The van der Waals surface area contributed by atoms with Crippen molar-refractivity contribution in [3.8, 4) is 22.3 Å². The van der Waals surface area contributed by atoms with Crippen molar-refractivity contribution in [2.24, 2.45) is 0 Å². The fourth-order valence-corrected chi connectivity index (χ4v) is 10.5. The van der Waals surface area contributed by atoms with Gasteiger partial charge < -0.3 is 4.42 Å². The van der Waals surface area contributed by atoms with Gasteiger partial charge in [0.1, 0.15) is 11.0 Å². The van der Waals surface area contributed by atoms with Gasteiger partial charge in [0.05, 0.1) is 0 Å². The van der Waals surface area contributed by atoms with E-state index in [0.29, 0.717) is 0 Å². The smallest absolute Gasteiger partial charge is 0.136 e. The van der Waals surface area contributed by atoms with Gasteiger partial charge in [0.15, 0.2) is 0 Å². The summed E-state index contributed by atoms with van der Waals surface area (Å²) in [6.45, 7) is 0. The van der Waals surface area contributed by atoms with Crippen LogP contribution in [0, 0.1) is 0 Å². The molecule has 252 valence electrons. The number of fused-ring (bicyclic) bond motifs is 11. The number of rotatable bonds is 3. The lowest BCUT2D eigenvalue weighted by molar-refractivity contribution is 0.570. The molecule has 1 aliphatic rings. The Morgan fingerprint density at radius 1 is 0.481 bits per heavy atom. The van der Waals surface area contributed by atoms with Crippen LogP contribution in [0.5, 0.6) is 0 Å². The minimum absolute atomic E-state index is 0.228. The van der Waals surface area contributed by atoms with E-state index in [9.17, 15) is 0 Å². The van der Waals surface area contributed by atoms with Crippen LogP contribution in [0.3, 0.4) is 0 Å². The Bertz CT molecular complexity index is 3430. The maximum absolute atomic E-state index is 6.54. The molecule has 0 spiro atoms. The molecule has 0 N–H and O–H groups in total. The van der Waals surface area contributed by atoms with Crippen molar-refractivity contribution in [3.63, 3.8) is 0 Å². The zero-order chi connectivity index (χ0) is 35.3. The van der Waals surface area contributed by atoms with Crippen molar-refractivity contribution >= 4 is 97.7 Å². The molecule has 0 bridgehead atoms. The molecule has 0 amide bonds. The third-order valence-electron chi connectivity index (χ3n) is 11.8. The molecule has 54 heavy (non-hydrogen) atoms. The lowest BCUT2D eigenvalue weighted by Gasteiger charge is -2.20. The molecule has 1 aliphatic carbocycles. The molecule has 0 saturated heterocycles. The number of benzene rings is 9. The fraction of sp³-hybridized carbons (Fsp3) is 0.0385. The fourth-order valence-electron chi connectivity index (χ4n) is 9.33. The van der Waals surface area contributed by atoms with E-state index in [2.05, 4.69) is 176 Å². The van der Waals surface area contributed by atoms with Crippen LogP contribution in [0.15, 0.2) is 168 Å². The molecule has 2 heteroatoms. The molecular weight excluding hydrogens is 673 g/mol. The Labute approximate surface area is 315 Å². The third-order valence-corrected chi connectivity index (χ3v) is 12.9. The van der Waals surface area contributed by atoms with Crippen molar-refractivity contribution in [2.45, 2.75) is 12.3 Å². The monoisotopic (exact) mass is 704 g/mol. The summed E-state index contributed by atoms with van der Waals surface area (Å²) in [4.78, 5) is 0. The molecule has 1 nitrogen and oxygen atoms in total. The van der Waals surface area contributed by atoms with Gasteiger partial charge in [-0.2, -0.15) is 0 Å². The van der Waals surface area contributed by atoms with Crippen LogP contribution in [0.2, 0.25) is 0 Å². The lowest BCUT2D eigenvalue weighted by Crippen LogP contribution is -2.25. The van der Waals surface area contributed by atoms with E-state index in [0.717, 1.165) is 17.4 Å². The molecule has 11 aromatic rings. The summed E-state index contributed by atoms with van der Waals surface area (Å²) < 4.78 is 9.20. The molecule has 1 unspecified atom stereocenters. The zero-order valence-electron chi connectivity index (χ0n) is 29.3. The first-order chi connectivity index (χ1) is 26.8. The lowest BCUT2D eigenvalue weighted by atomic mass is 9.83. The summed E-state index contributed by atoms with van der Waals surface area (Å²) in [5.74, 6) is 0.228. The predicted molar refractivity (Wildman–Crippen MR) is 232 cm³/mol. The van der Waals surface area contributed by atoms with Gasteiger partial charge in [-0.1, -0.05) is 146 Å². The number of furan rings is 1. The van der Waals surface area contributed by atoms with E-state index in [1.165, 1.54) is 102 Å². The molecular formula is C52H32OS. The van der Waals surface area contributed by atoms with Crippen LogP contribution in [-0.2, 0) is 0 Å². The second-order valence-corrected chi connectivity index (χ2v) is 15.8. The van der Waals surface area contributed by atoms with Gasteiger partial charge in [-0.3, -0.25) is 0 Å². The van der Waals surface area contributed by atoms with Gasteiger partial charge in [-0.05, 0) is 108 Å². The van der Waals surface area contributed by atoms with Crippen molar-refractivity contribution < 1.29 is 4.42 Å². The second-order valence-electron chi connectivity index (χ2n) is 14.7. The van der Waals surface area contributed by atoms with Crippen LogP contribution < -0.4 is 10.6 Å². The van der Waals surface area contributed by atoms with Gasteiger partial charge in [0, 0.05) is 36.7 Å². The predicted octanol–water partition coefficient (Wildman–Crippen LogP) is 13.5. The summed E-state index contributed by atoms with van der Waals surface area (Å²) >= 11 is 1.87. The first-order valence-corrected chi connectivity index (χ1v) is 19.6. The van der Waals surface area contributed by atoms with E-state index in [1.54, 1.807) is 0 Å². The summed E-state index contributed by atoms with van der Waals surface area (Å²) in [6, 6.07) is 60.6. The molecule has 0 fully saturated rings. The van der Waals surface area contributed by atoms with E-state index in [-0.39, 0.29) is 5.92 Å². The topological polar surface area (TPSA) is 13.1 Å². The largest absolute Gasteiger partial charge is 0.456 e. The Morgan fingerprint density at radius 2 is 1.17 bits per heavy atom. The molecule has 12 rings (SSSR count). The highest BCUT2D eigenvalue weighted by Gasteiger charge is 2.21. The quantitative estimate of drug-likeness (QED) is 0.167. The maximum Gasteiger partial charge on any atom is 0.136 e. The first kappa shape index (κ1) is 30.0. The van der Waals surface area contributed by atoms with Gasteiger partial charge in [0.25, 0.3) is 0 Å².